The first-order valence-electron chi connectivity index (χ1n) is 5.86. The molecule has 0 saturated heterocycles. The van der Waals surface area contributed by atoms with Crippen molar-refractivity contribution in [3.8, 4) is 5.75 Å². The number of fused-ring (bicyclic) bond motifs is 1. The van der Waals surface area contributed by atoms with Gasteiger partial charge in [0.1, 0.15) is 5.75 Å². The summed E-state index contributed by atoms with van der Waals surface area (Å²) in [4.78, 5) is 11.9. The summed E-state index contributed by atoms with van der Waals surface area (Å²) >= 11 is 5.88. The number of hydrogen-bond donors (Lipinski definition) is 2. The van der Waals surface area contributed by atoms with Crippen LogP contribution in [0.2, 0.25) is 5.02 Å². The van der Waals surface area contributed by atoms with Crippen LogP contribution in [0.1, 0.15) is 23.2 Å². The molecule has 0 bridgehead atoms. The fourth-order valence-electron chi connectivity index (χ4n) is 1.94. The molecule has 1 aliphatic rings. The number of carbonyl (C=O) groups is 1. The van der Waals surface area contributed by atoms with Crippen molar-refractivity contribution in [3.63, 3.8) is 0 Å². The lowest BCUT2D eigenvalue weighted by Gasteiger charge is -2.07. The fourth-order valence-corrected chi connectivity index (χ4v) is 2.11. The molecule has 0 heterocycles. The maximum absolute atomic E-state index is 11.9. The first-order valence-corrected chi connectivity index (χ1v) is 6.24. The maximum atomic E-state index is 11.9. The minimum Gasteiger partial charge on any atom is -0.507 e. The van der Waals surface area contributed by atoms with Gasteiger partial charge in [-0.15, -0.1) is 0 Å². The largest absolute Gasteiger partial charge is 0.507 e. The van der Waals surface area contributed by atoms with Gasteiger partial charge in [0.05, 0.1) is 0 Å². The number of hydrogen-bond acceptors (Lipinski definition) is 2. The van der Waals surface area contributed by atoms with Gasteiger partial charge < -0.3 is 10.4 Å². The third-order valence-corrected chi connectivity index (χ3v) is 3.30. The lowest BCUT2D eigenvalue weighted by atomic mass is 10.1. The highest BCUT2D eigenvalue weighted by molar-refractivity contribution is 6.31. The molecule has 0 atom stereocenters. The van der Waals surface area contributed by atoms with Crippen molar-refractivity contribution in [2.45, 2.75) is 18.9 Å². The Hall–Kier alpha value is -1.74. The summed E-state index contributed by atoms with van der Waals surface area (Å²) < 4.78 is 0. The molecule has 0 radical (unpaired) electrons. The molecule has 92 valence electrons. The van der Waals surface area contributed by atoms with E-state index in [9.17, 15) is 9.90 Å². The SMILES string of the molecule is O=C(NC1CC1)c1cc(O)c2cc(Cl)ccc2c1. The maximum Gasteiger partial charge on any atom is 0.251 e. The van der Waals surface area contributed by atoms with E-state index in [4.69, 9.17) is 11.6 Å². The average Bonchev–Trinajstić information content (AvgIpc) is 3.13. The van der Waals surface area contributed by atoms with Crippen LogP contribution in [0.4, 0.5) is 0 Å². The third kappa shape index (κ3) is 2.14. The second kappa shape index (κ2) is 4.18. The van der Waals surface area contributed by atoms with Crippen molar-refractivity contribution in [1.29, 1.82) is 0 Å². The molecule has 1 fully saturated rings. The summed E-state index contributed by atoms with van der Waals surface area (Å²) in [5, 5.41) is 14.9. The molecule has 3 nitrogen and oxygen atoms in total. The molecular weight excluding hydrogens is 250 g/mol. The highest BCUT2D eigenvalue weighted by Gasteiger charge is 2.24. The van der Waals surface area contributed by atoms with Crippen LogP contribution >= 0.6 is 11.6 Å². The van der Waals surface area contributed by atoms with Gasteiger partial charge in [-0.2, -0.15) is 0 Å². The number of benzene rings is 2. The predicted molar refractivity (Wildman–Crippen MR) is 71.1 cm³/mol. The zero-order chi connectivity index (χ0) is 12.7. The first kappa shape index (κ1) is 11.4. The molecule has 0 aromatic heterocycles. The van der Waals surface area contributed by atoms with Gasteiger partial charge in [-0.3, -0.25) is 4.79 Å². The average molecular weight is 262 g/mol. The molecule has 0 aliphatic heterocycles. The normalized spacial score (nSPS) is 14.7. The van der Waals surface area contributed by atoms with Crippen LogP contribution in [0.25, 0.3) is 10.8 Å². The zero-order valence-corrected chi connectivity index (χ0v) is 10.4. The molecule has 2 aromatic rings. The molecule has 3 rings (SSSR count). The van der Waals surface area contributed by atoms with E-state index in [1.54, 1.807) is 24.3 Å². The minimum absolute atomic E-state index is 0.0796. The van der Waals surface area contributed by atoms with Crippen molar-refractivity contribution >= 4 is 28.3 Å². The van der Waals surface area contributed by atoms with Gasteiger partial charge in [-0.25, -0.2) is 0 Å². The van der Waals surface area contributed by atoms with E-state index >= 15 is 0 Å². The van der Waals surface area contributed by atoms with E-state index in [0.29, 0.717) is 22.0 Å². The Morgan fingerprint density at radius 1 is 1.28 bits per heavy atom. The second-order valence-electron chi connectivity index (χ2n) is 4.61. The van der Waals surface area contributed by atoms with Crippen LogP contribution < -0.4 is 5.32 Å². The first-order chi connectivity index (χ1) is 8.63. The van der Waals surface area contributed by atoms with Gasteiger partial charge in [-0.1, -0.05) is 17.7 Å². The monoisotopic (exact) mass is 261 g/mol. The van der Waals surface area contributed by atoms with E-state index < -0.39 is 0 Å². The number of phenols is 1. The van der Waals surface area contributed by atoms with Gasteiger partial charge in [0.25, 0.3) is 5.91 Å². The zero-order valence-electron chi connectivity index (χ0n) is 9.61. The molecule has 18 heavy (non-hydrogen) atoms. The van der Waals surface area contributed by atoms with E-state index in [2.05, 4.69) is 5.32 Å². The quantitative estimate of drug-likeness (QED) is 0.873. The van der Waals surface area contributed by atoms with Crippen LogP contribution in [0.15, 0.2) is 30.3 Å². The Morgan fingerprint density at radius 2 is 2.06 bits per heavy atom. The fraction of sp³-hybridized carbons (Fsp3) is 0.214. The number of carbonyl (C=O) groups excluding carboxylic acids is 1. The predicted octanol–water partition coefficient (Wildman–Crippen LogP) is 3.09. The second-order valence-corrected chi connectivity index (χ2v) is 5.05. The lowest BCUT2D eigenvalue weighted by Crippen LogP contribution is -2.25. The summed E-state index contributed by atoms with van der Waals surface area (Å²) in [7, 11) is 0. The topological polar surface area (TPSA) is 49.3 Å². The number of amides is 1. The Morgan fingerprint density at radius 3 is 2.78 bits per heavy atom. The lowest BCUT2D eigenvalue weighted by molar-refractivity contribution is 0.0951. The molecule has 2 N–H and O–H groups in total. The van der Waals surface area contributed by atoms with Gasteiger partial charge in [-0.05, 0) is 42.5 Å². The van der Waals surface area contributed by atoms with E-state index in [0.717, 1.165) is 18.2 Å². The Bertz CT molecular complexity index is 635. The summed E-state index contributed by atoms with van der Waals surface area (Å²) in [6, 6.07) is 8.78. The third-order valence-electron chi connectivity index (χ3n) is 3.07. The van der Waals surface area contributed by atoms with E-state index in [1.165, 1.54) is 6.07 Å². The summed E-state index contributed by atoms with van der Waals surface area (Å²) in [5.41, 5.74) is 0.481. The van der Waals surface area contributed by atoms with Crippen molar-refractivity contribution in [1.82, 2.24) is 5.32 Å². The highest BCUT2D eigenvalue weighted by Crippen LogP contribution is 2.29. The van der Waals surface area contributed by atoms with E-state index in [-0.39, 0.29) is 11.7 Å². The van der Waals surface area contributed by atoms with Crippen LogP contribution in [0, 0.1) is 0 Å². The van der Waals surface area contributed by atoms with Crippen LogP contribution in [-0.4, -0.2) is 17.1 Å². The van der Waals surface area contributed by atoms with Crippen LogP contribution in [0.5, 0.6) is 5.75 Å². The van der Waals surface area contributed by atoms with Crippen LogP contribution in [-0.2, 0) is 0 Å². The number of aromatic hydroxyl groups is 1. The molecule has 0 spiro atoms. The Kier molecular flexibility index (Phi) is 2.63. The molecule has 1 saturated carbocycles. The highest BCUT2D eigenvalue weighted by atomic mass is 35.5. The summed E-state index contributed by atoms with van der Waals surface area (Å²) in [6.45, 7) is 0. The number of phenolic OH excluding ortho intramolecular Hbond substituents is 1. The number of nitrogens with one attached hydrogen (secondary N) is 1. The van der Waals surface area contributed by atoms with Gasteiger partial charge in [0.15, 0.2) is 0 Å². The molecule has 2 aromatic carbocycles. The van der Waals surface area contributed by atoms with Crippen molar-refractivity contribution in [2.24, 2.45) is 0 Å². The molecule has 1 aliphatic carbocycles. The number of halogens is 1. The van der Waals surface area contributed by atoms with Crippen molar-refractivity contribution < 1.29 is 9.90 Å². The molecular formula is C14H12ClNO2. The minimum atomic E-state index is -0.135. The standard InChI is InChI=1S/C14H12ClNO2/c15-10-2-1-8-5-9(6-13(17)12(8)7-10)14(18)16-11-3-4-11/h1-2,5-7,11,17H,3-4H2,(H,16,18). The van der Waals surface area contributed by atoms with E-state index in [1.807, 2.05) is 0 Å². The summed E-state index contributed by atoms with van der Waals surface area (Å²) in [6.07, 6.45) is 2.09. The smallest absolute Gasteiger partial charge is 0.251 e. The molecule has 4 heteroatoms. The van der Waals surface area contributed by atoms with Gasteiger partial charge in [0, 0.05) is 22.0 Å². The van der Waals surface area contributed by atoms with Crippen LogP contribution in [0.3, 0.4) is 0 Å². The Balaban J connectivity index is 2.03. The Labute approximate surface area is 109 Å². The van der Waals surface area contributed by atoms with Gasteiger partial charge in [0.2, 0.25) is 0 Å². The van der Waals surface area contributed by atoms with Crippen molar-refractivity contribution in [2.75, 3.05) is 0 Å². The molecule has 1 amide bonds. The van der Waals surface area contributed by atoms with Gasteiger partial charge >= 0.3 is 0 Å². The van der Waals surface area contributed by atoms with Crippen molar-refractivity contribution in [3.05, 3.63) is 40.9 Å². The summed E-state index contributed by atoms with van der Waals surface area (Å²) in [5.74, 6) is -0.0550. The number of rotatable bonds is 2. The molecule has 0 unspecified atom stereocenters.